The fourth-order valence-corrected chi connectivity index (χ4v) is 2.87. The predicted molar refractivity (Wildman–Crippen MR) is 80.1 cm³/mol. The summed E-state index contributed by atoms with van der Waals surface area (Å²) in [6.07, 6.45) is 0.148. The number of likely N-dealkylation sites (N-methyl/N-ethyl adjacent to an activating group) is 1. The van der Waals surface area contributed by atoms with E-state index >= 15 is 0 Å². The quantitative estimate of drug-likeness (QED) is 0.822. The molecule has 1 amide bonds. The van der Waals surface area contributed by atoms with Crippen LogP contribution in [0.15, 0.2) is 0 Å². The molecule has 0 aliphatic carbocycles. The van der Waals surface area contributed by atoms with Crippen molar-refractivity contribution < 1.29 is 19.4 Å². The van der Waals surface area contributed by atoms with Crippen molar-refractivity contribution in [3.63, 3.8) is 0 Å². The molecule has 0 spiro atoms. The van der Waals surface area contributed by atoms with Gasteiger partial charge >= 0.3 is 5.97 Å². The molecule has 0 aromatic rings. The van der Waals surface area contributed by atoms with Crippen LogP contribution in [0.4, 0.5) is 0 Å². The molecule has 1 aliphatic heterocycles. The van der Waals surface area contributed by atoms with Crippen LogP contribution in [0.5, 0.6) is 0 Å². The van der Waals surface area contributed by atoms with Crippen LogP contribution < -0.4 is 0 Å². The molecular weight excluding hydrogens is 272 g/mol. The van der Waals surface area contributed by atoms with Crippen molar-refractivity contribution in [1.82, 2.24) is 9.80 Å². The lowest BCUT2D eigenvalue weighted by molar-refractivity contribution is -0.154. The molecule has 1 aliphatic rings. The number of aliphatic carboxylic acids is 1. The Morgan fingerprint density at radius 2 is 1.67 bits per heavy atom. The second-order valence-corrected chi connectivity index (χ2v) is 6.36. The standard InChI is InChI=1S/C15H28N2O4/c1-9(2)13(14(18)16(6)12(5)15(19)20)17-7-10(3)21-11(4)8-17/h9-13H,7-8H2,1-6H3,(H,19,20). The van der Waals surface area contributed by atoms with Gasteiger partial charge in [-0.25, -0.2) is 4.79 Å². The number of nitrogens with zero attached hydrogens (tertiary/aromatic N) is 2. The van der Waals surface area contributed by atoms with Gasteiger partial charge in [-0.1, -0.05) is 13.8 Å². The number of carboxylic acid groups (broad SMARTS) is 1. The molecule has 0 aromatic carbocycles. The summed E-state index contributed by atoms with van der Waals surface area (Å²) in [6, 6.07) is -1.14. The summed E-state index contributed by atoms with van der Waals surface area (Å²) in [5.41, 5.74) is 0. The molecule has 1 heterocycles. The van der Waals surface area contributed by atoms with Gasteiger partial charge in [0.05, 0.1) is 18.2 Å². The molecule has 0 saturated carbocycles. The second-order valence-electron chi connectivity index (χ2n) is 6.36. The van der Waals surface area contributed by atoms with E-state index in [1.54, 1.807) is 7.05 Å². The number of morpholine rings is 1. The molecule has 4 atom stereocenters. The normalized spacial score (nSPS) is 26.4. The van der Waals surface area contributed by atoms with Gasteiger partial charge in [0, 0.05) is 20.1 Å². The average Bonchev–Trinajstić information content (AvgIpc) is 2.35. The Labute approximate surface area is 127 Å². The van der Waals surface area contributed by atoms with E-state index in [1.165, 1.54) is 11.8 Å². The highest BCUT2D eigenvalue weighted by molar-refractivity contribution is 5.86. The highest BCUT2D eigenvalue weighted by Gasteiger charge is 2.37. The van der Waals surface area contributed by atoms with Gasteiger partial charge in [0.25, 0.3) is 0 Å². The smallest absolute Gasteiger partial charge is 0.326 e. The highest BCUT2D eigenvalue weighted by atomic mass is 16.5. The van der Waals surface area contributed by atoms with Gasteiger partial charge in [-0.15, -0.1) is 0 Å². The Bertz CT molecular complexity index is 376. The van der Waals surface area contributed by atoms with Crippen molar-refractivity contribution in [1.29, 1.82) is 0 Å². The molecule has 1 rings (SSSR count). The van der Waals surface area contributed by atoms with Crippen LogP contribution in [0.25, 0.3) is 0 Å². The number of carbonyl (C=O) groups excluding carboxylic acids is 1. The summed E-state index contributed by atoms with van der Waals surface area (Å²) >= 11 is 0. The number of amides is 1. The van der Waals surface area contributed by atoms with E-state index in [4.69, 9.17) is 9.84 Å². The zero-order valence-electron chi connectivity index (χ0n) is 13.9. The third-order valence-electron chi connectivity index (χ3n) is 4.01. The first-order valence-corrected chi connectivity index (χ1v) is 7.54. The minimum absolute atomic E-state index is 0.0741. The predicted octanol–water partition coefficient (Wildman–Crippen LogP) is 1.05. The highest BCUT2D eigenvalue weighted by Crippen LogP contribution is 2.20. The molecule has 6 heteroatoms. The topological polar surface area (TPSA) is 70.1 Å². The molecule has 4 unspecified atom stereocenters. The molecule has 0 radical (unpaired) electrons. The SMILES string of the molecule is CC1CN(C(C(=O)N(C)C(C)C(=O)O)C(C)C)CC(C)O1. The van der Waals surface area contributed by atoms with Crippen LogP contribution in [-0.2, 0) is 14.3 Å². The first-order valence-electron chi connectivity index (χ1n) is 7.54. The van der Waals surface area contributed by atoms with Crippen LogP contribution in [-0.4, -0.2) is 71.2 Å². The largest absolute Gasteiger partial charge is 0.480 e. The van der Waals surface area contributed by atoms with E-state index in [0.29, 0.717) is 13.1 Å². The van der Waals surface area contributed by atoms with Gasteiger partial charge in [0.2, 0.25) is 5.91 Å². The molecule has 1 saturated heterocycles. The summed E-state index contributed by atoms with van der Waals surface area (Å²) in [7, 11) is 1.56. The Balaban J connectivity index is 2.90. The summed E-state index contributed by atoms with van der Waals surface area (Å²) in [5, 5.41) is 9.09. The minimum atomic E-state index is -0.989. The molecule has 122 valence electrons. The number of hydrogen-bond donors (Lipinski definition) is 1. The number of rotatable bonds is 5. The van der Waals surface area contributed by atoms with Crippen molar-refractivity contribution in [2.45, 2.75) is 58.9 Å². The van der Waals surface area contributed by atoms with Gasteiger partial charge in [-0.05, 0) is 26.7 Å². The molecular formula is C15H28N2O4. The lowest BCUT2D eigenvalue weighted by atomic mass is 9.98. The third-order valence-corrected chi connectivity index (χ3v) is 4.01. The number of hydrogen-bond acceptors (Lipinski definition) is 4. The van der Waals surface area contributed by atoms with Crippen LogP contribution >= 0.6 is 0 Å². The summed E-state index contributed by atoms with van der Waals surface area (Å²) in [4.78, 5) is 27.3. The molecule has 1 N–H and O–H groups in total. The average molecular weight is 300 g/mol. The molecule has 0 bridgehead atoms. The van der Waals surface area contributed by atoms with Crippen molar-refractivity contribution in [3.05, 3.63) is 0 Å². The molecule has 1 fully saturated rings. The molecule has 21 heavy (non-hydrogen) atoms. The maximum atomic E-state index is 12.7. The Morgan fingerprint density at radius 1 is 1.19 bits per heavy atom. The lowest BCUT2D eigenvalue weighted by Gasteiger charge is -2.42. The fourth-order valence-electron chi connectivity index (χ4n) is 2.87. The number of carbonyl (C=O) groups is 2. The van der Waals surface area contributed by atoms with Crippen LogP contribution in [0, 0.1) is 5.92 Å². The summed E-state index contributed by atoms with van der Waals surface area (Å²) in [5.74, 6) is -1.02. The van der Waals surface area contributed by atoms with Crippen molar-refractivity contribution in [3.8, 4) is 0 Å². The molecule has 0 aromatic heterocycles. The van der Waals surface area contributed by atoms with E-state index in [9.17, 15) is 9.59 Å². The van der Waals surface area contributed by atoms with Crippen LogP contribution in [0.1, 0.15) is 34.6 Å². The van der Waals surface area contributed by atoms with Crippen molar-refractivity contribution in [2.24, 2.45) is 5.92 Å². The van der Waals surface area contributed by atoms with E-state index < -0.39 is 12.0 Å². The van der Waals surface area contributed by atoms with E-state index in [1.807, 2.05) is 27.7 Å². The molecule has 6 nitrogen and oxygen atoms in total. The van der Waals surface area contributed by atoms with E-state index in [-0.39, 0.29) is 30.1 Å². The third kappa shape index (κ3) is 4.41. The zero-order valence-corrected chi connectivity index (χ0v) is 13.9. The number of carboxylic acids is 1. The van der Waals surface area contributed by atoms with Gasteiger partial charge in [0.1, 0.15) is 6.04 Å². The van der Waals surface area contributed by atoms with Gasteiger partial charge in [-0.3, -0.25) is 9.69 Å². The van der Waals surface area contributed by atoms with Crippen LogP contribution in [0.3, 0.4) is 0 Å². The maximum absolute atomic E-state index is 12.7. The lowest BCUT2D eigenvalue weighted by Crippen LogP contribution is -2.58. The minimum Gasteiger partial charge on any atom is -0.480 e. The van der Waals surface area contributed by atoms with Crippen molar-refractivity contribution >= 4 is 11.9 Å². The Morgan fingerprint density at radius 3 is 2.05 bits per heavy atom. The van der Waals surface area contributed by atoms with Crippen molar-refractivity contribution in [2.75, 3.05) is 20.1 Å². The fraction of sp³-hybridized carbons (Fsp3) is 0.867. The zero-order chi connectivity index (χ0) is 16.3. The van der Waals surface area contributed by atoms with Gasteiger partial charge < -0.3 is 14.7 Å². The summed E-state index contributed by atoms with van der Waals surface area (Å²) < 4.78 is 5.71. The first kappa shape index (κ1) is 17.9. The second kappa shape index (κ2) is 7.22. The monoisotopic (exact) mass is 300 g/mol. The number of ether oxygens (including phenoxy) is 1. The van der Waals surface area contributed by atoms with E-state index in [2.05, 4.69) is 4.90 Å². The Hall–Kier alpha value is -1.14. The first-order chi connectivity index (χ1) is 9.65. The Kier molecular flexibility index (Phi) is 6.16. The van der Waals surface area contributed by atoms with Gasteiger partial charge in [0.15, 0.2) is 0 Å². The van der Waals surface area contributed by atoms with Crippen LogP contribution in [0.2, 0.25) is 0 Å². The van der Waals surface area contributed by atoms with E-state index in [0.717, 1.165) is 0 Å². The summed E-state index contributed by atoms with van der Waals surface area (Å²) in [6.45, 7) is 10.9. The maximum Gasteiger partial charge on any atom is 0.326 e. The van der Waals surface area contributed by atoms with Gasteiger partial charge in [-0.2, -0.15) is 0 Å².